The number of nitrogens with zero attached hydrogens (tertiary/aromatic N) is 1. The highest BCUT2D eigenvalue weighted by atomic mass is 16.6. The number of nitrogens with one attached hydrogen (secondary N) is 1. The molecule has 0 spiro atoms. The van der Waals surface area contributed by atoms with Gasteiger partial charge in [-0.1, -0.05) is 11.8 Å². The van der Waals surface area contributed by atoms with Crippen LogP contribution in [0.3, 0.4) is 0 Å². The molecule has 0 aliphatic rings. The smallest absolute Gasteiger partial charge is 0.408 e. The fourth-order valence-electron chi connectivity index (χ4n) is 1.25. The molecule has 0 fully saturated rings. The number of nitrogens with two attached hydrogens (primary N) is 1. The molecule has 0 bridgehead atoms. The molecule has 0 saturated carbocycles. The van der Waals surface area contributed by atoms with E-state index < -0.39 is 11.7 Å². The van der Waals surface area contributed by atoms with E-state index in [-0.39, 0.29) is 6.54 Å². The number of anilines is 1. The van der Waals surface area contributed by atoms with Crippen molar-refractivity contribution in [2.75, 3.05) is 12.3 Å². The van der Waals surface area contributed by atoms with Gasteiger partial charge in [-0.3, -0.25) is 0 Å². The quantitative estimate of drug-likeness (QED) is 0.756. The molecule has 5 nitrogen and oxygen atoms in total. The zero-order chi connectivity index (χ0) is 14.5. The first kappa shape index (κ1) is 14.8. The van der Waals surface area contributed by atoms with E-state index in [0.29, 0.717) is 11.4 Å². The maximum Gasteiger partial charge on any atom is 0.408 e. The molecule has 1 amide bonds. The van der Waals surface area contributed by atoms with Crippen molar-refractivity contribution < 1.29 is 9.53 Å². The van der Waals surface area contributed by atoms with Crippen molar-refractivity contribution in [3.05, 3.63) is 23.4 Å². The number of ether oxygens (including phenoxy) is 1. The number of pyridine rings is 1. The maximum atomic E-state index is 11.4. The molecule has 19 heavy (non-hydrogen) atoms. The molecule has 0 unspecified atom stereocenters. The average Bonchev–Trinajstić information content (AvgIpc) is 2.26. The highest BCUT2D eigenvalue weighted by Crippen LogP contribution is 2.08. The highest BCUT2D eigenvalue weighted by molar-refractivity contribution is 5.68. The van der Waals surface area contributed by atoms with Crippen LogP contribution in [-0.4, -0.2) is 23.2 Å². The van der Waals surface area contributed by atoms with Gasteiger partial charge in [0.15, 0.2) is 0 Å². The molecule has 102 valence electrons. The number of hydrogen-bond acceptors (Lipinski definition) is 4. The van der Waals surface area contributed by atoms with Crippen LogP contribution in [0, 0.1) is 18.8 Å². The van der Waals surface area contributed by atoms with E-state index in [1.54, 1.807) is 27.0 Å². The van der Waals surface area contributed by atoms with E-state index in [1.165, 1.54) is 0 Å². The van der Waals surface area contributed by atoms with Crippen LogP contribution < -0.4 is 11.1 Å². The third kappa shape index (κ3) is 5.77. The SMILES string of the molecule is Cc1cnc(N)c(C#CCNC(=O)OC(C)(C)C)c1. The van der Waals surface area contributed by atoms with Gasteiger partial charge in [-0.15, -0.1) is 0 Å². The fourth-order valence-corrected chi connectivity index (χ4v) is 1.25. The Morgan fingerprint density at radius 1 is 1.53 bits per heavy atom. The summed E-state index contributed by atoms with van der Waals surface area (Å²) in [6, 6.07) is 1.85. The lowest BCUT2D eigenvalue weighted by Crippen LogP contribution is -2.32. The molecular weight excluding hydrogens is 242 g/mol. The Bertz CT molecular complexity index is 522. The largest absolute Gasteiger partial charge is 0.444 e. The molecule has 5 heteroatoms. The van der Waals surface area contributed by atoms with Gasteiger partial charge in [0.1, 0.15) is 11.4 Å². The lowest BCUT2D eigenvalue weighted by atomic mass is 10.2. The highest BCUT2D eigenvalue weighted by Gasteiger charge is 2.14. The number of carbonyl (C=O) groups excluding carboxylic acids is 1. The molecule has 0 aliphatic carbocycles. The van der Waals surface area contributed by atoms with Gasteiger partial charge in [-0.2, -0.15) is 0 Å². The number of carbonyl (C=O) groups is 1. The van der Waals surface area contributed by atoms with Crippen LogP contribution >= 0.6 is 0 Å². The van der Waals surface area contributed by atoms with E-state index in [1.807, 2.05) is 13.0 Å². The van der Waals surface area contributed by atoms with Crippen LogP contribution in [0.2, 0.25) is 0 Å². The van der Waals surface area contributed by atoms with Crippen LogP contribution in [0.1, 0.15) is 31.9 Å². The Hall–Kier alpha value is -2.22. The van der Waals surface area contributed by atoms with E-state index in [0.717, 1.165) is 5.56 Å². The molecule has 1 aromatic heterocycles. The number of nitrogen functional groups attached to an aromatic ring is 1. The minimum Gasteiger partial charge on any atom is -0.444 e. The summed E-state index contributed by atoms with van der Waals surface area (Å²) in [6.45, 7) is 7.52. The maximum absolute atomic E-state index is 11.4. The lowest BCUT2D eigenvalue weighted by Gasteiger charge is -2.19. The zero-order valence-corrected chi connectivity index (χ0v) is 11.7. The van der Waals surface area contributed by atoms with Gasteiger partial charge in [-0.25, -0.2) is 9.78 Å². The lowest BCUT2D eigenvalue weighted by molar-refractivity contribution is 0.0535. The van der Waals surface area contributed by atoms with Gasteiger partial charge in [0.25, 0.3) is 0 Å². The van der Waals surface area contributed by atoms with Crippen molar-refractivity contribution in [1.29, 1.82) is 0 Å². The first-order valence-corrected chi connectivity index (χ1v) is 5.96. The van der Waals surface area contributed by atoms with Gasteiger partial charge in [0.2, 0.25) is 0 Å². The van der Waals surface area contributed by atoms with Crippen LogP contribution in [0.25, 0.3) is 0 Å². The van der Waals surface area contributed by atoms with Gasteiger partial charge in [0, 0.05) is 6.20 Å². The first-order valence-electron chi connectivity index (χ1n) is 5.96. The summed E-state index contributed by atoms with van der Waals surface area (Å²) in [4.78, 5) is 15.4. The number of aromatic nitrogens is 1. The summed E-state index contributed by atoms with van der Waals surface area (Å²) < 4.78 is 5.08. The molecule has 0 atom stereocenters. The van der Waals surface area contributed by atoms with Gasteiger partial charge < -0.3 is 15.8 Å². The van der Waals surface area contributed by atoms with Crippen molar-refractivity contribution >= 4 is 11.9 Å². The second-order valence-corrected chi connectivity index (χ2v) is 5.10. The van der Waals surface area contributed by atoms with E-state index in [9.17, 15) is 4.79 Å². The van der Waals surface area contributed by atoms with Crippen LogP contribution in [0.4, 0.5) is 10.6 Å². The molecule has 0 aliphatic heterocycles. The molecular formula is C14H19N3O2. The third-order valence-electron chi connectivity index (χ3n) is 2.00. The number of aryl methyl sites for hydroxylation is 1. The molecule has 1 rings (SSSR count). The minimum atomic E-state index is -0.512. The van der Waals surface area contributed by atoms with E-state index in [2.05, 4.69) is 22.1 Å². The molecule has 0 saturated heterocycles. The van der Waals surface area contributed by atoms with E-state index in [4.69, 9.17) is 10.5 Å². The minimum absolute atomic E-state index is 0.197. The van der Waals surface area contributed by atoms with Crippen molar-refractivity contribution in [1.82, 2.24) is 10.3 Å². The summed E-state index contributed by atoms with van der Waals surface area (Å²) in [5, 5.41) is 2.55. The third-order valence-corrected chi connectivity index (χ3v) is 2.00. The molecule has 3 N–H and O–H groups in total. The first-order chi connectivity index (χ1) is 8.78. The second-order valence-electron chi connectivity index (χ2n) is 5.10. The monoisotopic (exact) mass is 261 g/mol. The Kier molecular flexibility index (Phi) is 4.76. The fraction of sp³-hybridized carbons (Fsp3) is 0.429. The van der Waals surface area contributed by atoms with Crippen molar-refractivity contribution in [3.63, 3.8) is 0 Å². The van der Waals surface area contributed by atoms with Crippen molar-refractivity contribution in [2.45, 2.75) is 33.3 Å². The Labute approximate surface area is 113 Å². The number of alkyl carbamates (subject to hydrolysis) is 1. The number of hydrogen-bond donors (Lipinski definition) is 2. The average molecular weight is 261 g/mol. The van der Waals surface area contributed by atoms with Crippen LogP contribution in [-0.2, 0) is 4.74 Å². The van der Waals surface area contributed by atoms with Crippen LogP contribution in [0.15, 0.2) is 12.3 Å². The Morgan fingerprint density at radius 3 is 2.84 bits per heavy atom. The second kappa shape index (κ2) is 6.10. The predicted octanol–water partition coefficient (Wildman–Crippen LogP) is 1.85. The zero-order valence-electron chi connectivity index (χ0n) is 11.7. The van der Waals surface area contributed by atoms with E-state index >= 15 is 0 Å². The van der Waals surface area contributed by atoms with Gasteiger partial charge in [-0.05, 0) is 39.3 Å². The Morgan fingerprint density at radius 2 is 2.21 bits per heavy atom. The van der Waals surface area contributed by atoms with Crippen molar-refractivity contribution in [3.8, 4) is 11.8 Å². The number of rotatable bonds is 1. The number of amides is 1. The standard InChI is InChI=1S/C14H19N3O2/c1-10-8-11(12(15)17-9-10)6-5-7-16-13(18)19-14(2,3)4/h8-9H,7H2,1-4H3,(H2,15,17)(H,16,18). The molecule has 0 aromatic carbocycles. The summed E-state index contributed by atoms with van der Waals surface area (Å²) >= 11 is 0. The summed E-state index contributed by atoms with van der Waals surface area (Å²) in [6.07, 6.45) is 1.19. The molecule has 0 radical (unpaired) electrons. The molecule has 1 heterocycles. The summed E-state index contributed by atoms with van der Waals surface area (Å²) in [5.74, 6) is 6.05. The van der Waals surface area contributed by atoms with Crippen molar-refractivity contribution in [2.24, 2.45) is 0 Å². The van der Waals surface area contributed by atoms with Gasteiger partial charge in [0.05, 0.1) is 12.1 Å². The van der Waals surface area contributed by atoms with Crippen LogP contribution in [0.5, 0.6) is 0 Å². The Balaban J connectivity index is 2.52. The summed E-state index contributed by atoms with van der Waals surface area (Å²) in [5.41, 5.74) is 6.82. The topological polar surface area (TPSA) is 77.2 Å². The van der Waals surface area contributed by atoms with Gasteiger partial charge >= 0.3 is 6.09 Å². The normalized spacial score (nSPS) is 10.3. The predicted molar refractivity (Wildman–Crippen MR) is 74.5 cm³/mol. The molecule has 1 aromatic rings. The summed E-state index contributed by atoms with van der Waals surface area (Å²) in [7, 11) is 0.